The van der Waals surface area contributed by atoms with Crippen molar-refractivity contribution in [2.24, 2.45) is 0 Å². The highest BCUT2D eigenvalue weighted by Crippen LogP contribution is 2.34. The minimum atomic E-state index is -0.0721. The lowest BCUT2D eigenvalue weighted by Crippen LogP contribution is -2.36. The van der Waals surface area contributed by atoms with Crippen molar-refractivity contribution in [3.8, 4) is 0 Å². The average molecular weight is 297 g/mol. The monoisotopic (exact) mass is 297 g/mol. The van der Waals surface area contributed by atoms with Gasteiger partial charge < -0.3 is 10.1 Å². The van der Waals surface area contributed by atoms with E-state index in [-0.39, 0.29) is 11.3 Å². The van der Waals surface area contributed by atoms with Crippen molar-refractivity contribution in [3.63, 3.8) is 0 Å². The van der Waals surface area contributed by atoms with Crippen molar-refractivity contribution in [1.82, 2.24) is 9.88 Å². The van der Waals surface area contributed by atoms with Gasteiger partial charge in [0.05, 0.1) is 18.9 Å². The number of anilines is 1. The number of hydrogen-bond donors (Lipinski definition) is 1. The average Bonchev–Trinajstić information content (AvgIpc) is 2.72. The summed E-state index contributed by atoms with van der Waals surface area (Å²) >= 11 is 1.58. The Morgan fingerprint density at radius 2 is 2.05 bits per heavy atom. The molecule has 2 heterocycles. The van der Waals surface area contributed by atoms with Crippen LogP contribution in [-0.2, 0) is 21.5 Å². The summed E-state index contributed by atoms with van der Waals surface area (Å²) in [5.41, 5.74) is 1.11. The van der Waals surface area contributed by atoms with Crippen LogP contribution in [0.1, 0.15) is 38.3 Å². The van der Waals surface area contributed by atoms with Crippen LogP contribution in [0.5, 0.6) is 0 Å². The van der Waals surface area contributed by atoms with Gasteiger partial charge in [-0.1, -0.05) is 20.8 Å². The van der Waals surface area contributed by atoms with Crippen LogP contribution in [0.4, 0.5) is 5.13 Å². The minimum absolute atomic E-state index is 0.0377. The van der Waals surface area contributed by atoms with Gasteiger partial charge in [-0.05, 0) is 5.41 Å². The molecule has 0 spiro atoms. The first-order valence-electron chi connectivity index (χ1n) is 6.94. The van der Waals surface area contributed by atoms with Gasteiger partial charge in [-0.25, -0.2) is 4.98 Å². The van der Waals surface area contributed by atoms with Crippen LogP contribution >= 0.6 is 11.3 Å². The van der Waals surface area contributed by atoms with E-state index in [0.29, 0.717) is 5.13 Å². The fourth-order valence-corrected chi connectivity index (χ4v) is 3.30. The van der Waals surface area contributed by atoms with Crippen molar-refractivity contribution < 1.29 is 9.53 Å². The molecule has 0 saturated carbocycles. The number of morpholine rings is 1. The zero-order valence-corrected chi connectivity index (χ0v) is 13.5. The summed E-state index contributed by atoms with van der Waals surface area (Å²) in [4.78, 5) is 19.4. The van der Waals surface area contributed by atoms with Gasteiger partial charge in [0.15, 0.2) is 5.13 Å². The molecule has 1 saturated heterocycles. The zero-order chi connectivity index (χ0) is 14.8. The molecule has 1 aliphatic rings. The number of carbonyl (C=O) groups excluding carboxylic acids is 1. The third-order valence-corrected chi connectivity index (χ3v) is 4.58. The molecular weight excluding hydrogens is 274 g/mol. The Hall–Kier alpha value is -0.980. The first-order chi connectivity index (χ1) is 9.36. The molecular formula is C14H23N3O2S. The van der Waals surface area contributed by atoms with Gasteiger partial charge >= 0.3 is 0 Å². The van der Waals surface area contributed by atoms with Gasteiger partial charge in [0.1, 0.15) is 0 Å². The fourth-order valence-electron chi connectivity index (χ4n) is 2.22. The molecule has 1 fully saturated rings. The summed E-state index contributed by atoms with van der Waals surface area (Å²) in [5, 5.41) is 3.50. The minimum Gasteiger partial charge on any atom is -0.379 e. The van der Waals surface area contributed by atoms with Gasteiger partial charge in [-0.15, -0.1) is 11.3 Å². The molecule has 1 aromatic rings. The maximum Gasteiger partial charge on any atom is 0.223 e. The lowest BCUT2D eigenvalue weighted by Gasteiger charge is -2.27. The van der Waals surface area contributed by atoms with E-state index in [1.54, 1.807) is 11.3 Å². The molecule has 5 nitrogen and oxygen atoms in total. The Bertz CT molecular complexity index is 473. The smallest absolute Gasteiger partial charge is 0.223 e. The Kier molecular flexibility index (Phi) is 4.78. The zero-order valence-electron chi connectivity index (χ0n) is 12.7. The lowest BCUT2D eigenvalue weighted by atomic mass is 9.93. The molecule has 0 bridgehead atoms. The number of carbonyl (C=O) groups is 1. The number of aromatic nitrogens is 1. The Morgan fingerprint density at radius 1 is 1.40 bits per heavy atom. The molecule has 1 N–H and O–H groups in total. The van der Waals surface area contributed by atoms with Gasteiger partial charge in [0.25, 0.3) is 0 Å². The predicted molar refractivity (Wildman–Crippen MR) is 81.2 cm³/mol. The number of thiazole rings is 1. The number of hydrogen-bond acceptors (Lipinski definition) is 5. The third kappa shape index (κ3) is 4.01. The Morgan fingerprint density at radius 3 is 2.60 bits per heavy atom. The summed E-state index contributed by atoms with van der Waals surface area (Å²) in [6, 6.07) is 0. The maximum absolute atomic E-state index is 11.2. The highest BCUT2D eigenvalue weighted by atomic mass is 32.1. The standard InChI is InChI=1S/C14H23N3O2S/c1-10(18)15-13-16-11(12(20-13)14(2,3)4)9-17-5-7-19-8-6-17/h5-9H2,1-4H3,(H,15,16,18). The quantitative estimate of drug-likeness (QED) is 0.929. The molecule has 0 atom stereocenters. The van der Waals surface area contributed by atoms with Gasteiger partial charge in [-0.3, -0.25) is 9.69 Å². The van der Waals surface area contributed by atoms with Gasteiger partial charge in [-0.2, -0.15) is 0 Å². The van der Waals surface area contributed by atoms with Crippen LogP contribution < -0.4 is 5.32 Å². The van der Waals surface area contributed by atoms with E-state index in [1.165, 1.54) is 11.8 Å². The van der Waals surface area contributed by atoms with E-state index in [0.717, 1.165) is 38.5 Å². The second-order valence-electron chi connectivity index (χ2n) is 6.11. The van der Waals surface area contributed by atoms with Crippen LogP contribution in [0.25, 0.3) is 0 Å². The Labute approximate surface area is 124 Å². The number of amides is 1. The van der Waals surface area contributed by atoms with Crippen molar-refractivity contribution in [3.05, 3.63) is 10.6 Å². The third-order valence-electron chi connectivity index (χ3n) is 3.14. The Balaban J connectivity index is 2.19. The van der Waals surface area contributed by atoms with Crippen LogP contribution in [0.3, 0.4) is 0 Å². The number of nitrogens with one attached hydrogen (secondary N) is 1. The molecule has 1 amide bonds. The molecule has 0 unspecified atom stereocenters. The van der Waals surface area contributed by atoms with E-state index < -0.39 is 0 Å². The highest BCUT2D eigenvalue weighted by Gasteiger charge is 2.25. The van der Waals surface area contributed by atoms with E-state index in [4.69, 9.17) is 4.74 Å². The first kappa shape index (κ1) is 15.4. The van der Waals surface area contributed by atoms with E-state index in [9.17, 15) is 4.79 Å². The predicted octanol–water partition coefficient (Wildman–Crippen LogP) is 2.23. The molecule has 0 aliphatic carbocycles. The van der Waals surface area contributed by atoms with E-state index in [1.807, 2.05) is 0 Å². The second-order valence-corrected chi connectivity index (χ2v) is 7.11. The lowest BCUT2D eigenvalue weighted by molar-refractivity contribution is -0.114. The normalized spacial score (nSPS) is 17.2. The maximum atomic E-state index is 11.2. The van der Waals surface area contributed by atoms with Crippen molar-refractivity contribution in [1.29, 1.82) is 0 Å². The molecule has 6 heteroatoms. The van der Waals surface area contributed by atoms with E-state index >= 15 is 0 Å². The number of ether oxygens (including phenoxy) is 1. The van der Waals surface area contributed by atoms with Crippen LogP contribution in [0.15, 0.2) is 0 Å². The van der Waals surface area contributed by atoms with Crippen molar-refractivity contribution >= 4 is 22.4 Å². The first-order valence-corrected chi connectivity index (χ1v) is 7.76. The fraction of sp³-hybridized carbons (Fsp3) is 0.714. The summed E-state index contributed by atoms with van der Waals surface area (Å²) in [6.45, 7) is 12.3. The van der Waals surface area contributed by atoms with Crippen LogP contribution in [0, 0.1) is 0 Å². The van der Waals surface area contributed by atoms with Crippen molar-refractivity contribution in [2.45, 2.75) is 39.7 Å². The molecule has 2 rings (SSSR count). The second kappa shape index (κ2) is 6.20. The topological polar surface area (TPSA) is 54.5 Å². The number of nitrogens with zero attached hydrogens (tertiary/aromatic N) is 2. The molecule has 0 aromatic carbocycles. The molecule has 1 aromatic heterocycles. The van der Waals surface area contributed by atoms with E-state index in [2.05, 4.69) is 36.0 Å². The summed E-state index contributed by atoms with van der Waals surface area (Å²) in [5.74, 6) is -0.0721. The summed E-state index contributed by atoms with van der Waals surface area (Å²) in [7, 11) is 0. The molecule has 20 heavy (non-hydrogen) atoms. The molecule has 112 valence electrons. The van der Waals surface area contributed by atoms with Crippen LogP contribution in [0.2, 0.25) is 0 Å². The van der Waals surface area contributed by atoms with Crippen LogP contribution in [-0.4, -0.2) is 42.1 Å². The molecule has 1 aliphatic heterocycles. The van der Waals surface area contributed by atoms with Gasteiger partial charge in [0.2, 0.25) is 5.91 Å². The SMILES string of the molecule is CC(=O)Nc1nc(CN2CCOCC2)c(C(C)(C)C)s1. The largest absolute Gasteiger partial charge is 0.379 e. The highest BCUT2D eigenvalue weighted by molar-refractivity contribution is 7.16. The number of rotatable bonds is 3. The van der Waals surface area contributed by atoms with Crippen molar-refractivity contribution in [2.75, 3.05) is 31.6 Å². The molecule has 0 radical (unpaired) electrons. The summed E-state index contributed by atoms with van der Waals surface area (Å²) in [6.07, 6.45) is 0. The summed E-state index contributed by atoms with van der Waals surface area (Å²) < 4.78 is 5.38. The van der Waals surface area contributed by atoms with Gasteiger partial charge in [0, 0.05) is 31.4 Å².